The third-order valence-electron chi connectivity index (χ3n) is 4.42. The number of amides is 2. The van der Waals surface area contributed by atoms with E-state index in [4.69, 9.17) is 14.2 Å². The Balaban J connectivity index is 1.95. The van der Waals surface area contributed by atoms with Gasteiger partial charge in [0.05, 0.1) is 13.2 Å². The molecule has 0 bridgehead atoms. The Morgan fingerprint density at radius 2 is 1.77 bits per heavy atom. The third-order valence-corrected chi connectivity index (χ3v) is 4.42. The summed E-state index contributed by atoms with van der Waals surface area (Å²) in [6, 6.07) is 9.03. The van der Waals surface area contributed by atoms with Crippen molar-refractivity contribution < 1.29 is 23.8 Å². The van der Waals surface area contributed by atoms with Crippen LogP contribution in [0, 0.1) is 0 Å². The zero-order valence-corrected chi connectivity index (χ0v) is 15.6. The number of rotatable bonds is 9. The first-order valence-corrected chi connectivity index (χ1v) is 8.91. The fourth-order valence-corrected chi connectivity index (χ4v) is 2.99. The van der Waals surface area contributed by atoms with Gasteiger partial charge in [0.1, 0.15) is 12.6 Å². The predicted molar refractivity (Wildman–Crippen MR) is 96.7 cm³/mol. The Bertz CT molecular complexity index is 558. The summed E-state index contributed by atoms with van der Waals surface area (Å²) in [6.45, 7) is 2.58. The standard InChI is InChI=1S/C19H28N2O5/c1-24-13-11-20(12-14-25-2)18(22)17-9-6-10-21(17)19(23)26-15-16-7-4-3-5-8-16/h3-5,7-8,17H,6,9-15H2,1-2H3. The number of ether oxygens (including phenoxy) is 3. The Morgan fingerprint density at radius 1 is 1.12 bits per heavy atom. The van der Waals surface area contributed by atoms with E-state index in [0.29, 0.717) is 39.3 Å². The van der Waals surface area contributed by atoms with Gasteiger partial charge >= 0.3 is 6.09 Å². The predicted octanol–water partition coefficient (Wildman–Crippen LogP) is 1.91. The summed E-state index contributed by atoms with van der Waals surface area (Å²) < 4.78 is 15.6. The van der Waals surface area contributed by atoms with E-state index in [1.54, 1.807) is 19.1 Å². The fourth-order valence-electron chi connectivity index (χ4n) is 2.99. The van der Waals surface area contributed by atoms with Crippen LogP contribution in [0.15, 0.2) is 30.3 Å². The first kappa shape index (κ1) is 20.2. The Hall–Kier alpha value is -2.12. The molecule has 0 spiro atoms. The number of methoxy groups -OCH3 is 2. The molecule has 1 aliphatic rings. The van der Waals surface area contributed by atoms with Gasteiger partial charge in [-0.2, -0.15) is 0 Å². The van der Waals surface area contributed by atoms with Gasteiger partial charge in [0, 0.05) is 33.9 Å². The minimum Gasteiger partial charge on any atom is -0.445 e. The topological polar surface area (TPSA) is 68.3 Å². The molecule has 7 nitrogen and oxygen atoms in total. The highest BCUT2D eigenvalue weighted by molar-refractivity contribution is 5.86. The second-order valence-electron chi connectivity index (χ2n) is 6.20. The molecule has 0 aromatic heterocycles. The van der Waals surface area contributed by atoms with Crippen molar-refractivity contribution in [1.82, 2.24) is 9.80 Å². The number of carbonyl (C=O) groups is 2. The third kappa shape index (κ3) is 5.71. The number of carbonyl (C=O) groups excluding carboxylic acids is 2. The molecule has 0 aliphatic carbocycles. The van der Waals surface area contributed by atoms with E-state index in [9.17, 15) is 9.59 Å². The summed E-state index contributed by atoms with van der Waals surface area (Å²) in [5.74, 6) is -0.0757. The zero-order chi connectivity index (χ0) is 18.8. The van der Waals surface area contributed by atoms with E-state index in [1.165, 1.54) is 4.90 Å². The second-order valence-corrected chi connectivity index (χ2v) is 6.20. The molecule has 1 unspecified atom stereocenters. The van der Waals surface area contributed by atoms with Crippen LogP contribution in [0.4, 0.5) is 4.79 Å². The first-order chi connectivity index (χ1) is 12.7. The number of nitrogens with zero attached hydrogens (tertiary/aromatic N) is 2. The highest BCUT2D eigenvalue weighted by Gasteiger charge is 2.37. The summed E-state index contributed by atoms with van der Waals surface area (Å²) in [4.78, 5) is 28.6. The van der Waals surface area contributed by atoms with Gasteiger partial charge in [-0.3, -0.25) is 9.69 Å². The molecule has 1 saturated heterocycles. The molecule has 1 heterocycles. The number of hydrogen-bond donors (Lipinski definition) is 0. The first-order valence-electron chi connectivity index (χ1n) is 8.91. The average Bonchev–Trinajstić information content (AvgIpc) is 3.16. The van der Waals surface area contributed by atoms with Gasteiger partial charge in [0.15, 0.2) is 0 Å². The molecule has 1 atom stereocenters. The molecular formula is C19H28N2O5. The largest absolute Gasteiger partial charge is 0.445 e. The quantitative estimate of drug-likeness (QED) is 0.670. The van der Waals surface area contributed by atoms with Crippen LogP contribution in [0.1, 0.15) is 18.4 Å². The van der Waals surface area contributed by atoms with Crippen LogP contribution in [-0.4, -0.2) is 74.9 Å². The van der Waals surface area contributed by atoms with Crippen molar-refractivity contribution >= 4 is 12.0 Å². The summed E-state index contributed by atoms with van der Waals surface area (Å²) in [5.41, 5.74) is 0.921. The SMILES string of the molecule is COCCN(CCOC)C(=O)C1CCCN1C(=O)OCc1ccccc1. The second kappa shape index (κ2) is 10.8. The molecule has 1 aromatic rings. The molecule has 1 aliphatic heterocycles. The van der Waals surface area contributed by atoms with E-state index in [-0.39, 0.29) is 12.5 Å². The molecule has 0 radical (unpaired) electrons. The monoisotopic (exact) mass is 364 g/mol. The van der Waals surface area contributed by atoms with Gasteiger partial charge in [0.2, 0.25) is 5.91 Å². The van der Waals surface area contributed by atoms with Crippen molar-refractivity contribution in [1.29, 1.82) is 0 Å². The lowest BCUT2D eigenvalue weighted by Crippen LogP contribution is -2.49. The maximum atomic E-state index is 12.9. The summed E-state index contributed by atoms with van der Waals surface area (Å²) in [7, 11) is 3.20. The van der Waals surface area contributed by atoms with Crippen LogP contribution in [0.2, 0.25) is 0 Å². The van der Waals surface area contributed by atoms with Gasteiger partial charge in [-0.15, -0.1) is 0 Å². The fraction of sp³-hybridized carbons (Fsp3) is 0.579. The lowest BCUT2D eigenvalue weighted by molar-refractivity contribution is -0.136. The molecule has 2 rings (SSSR count). The molecule has 144 valence electrons. The molecule has 1 aromatic carbocycles. The van der Waals surface area contributed by atoms with Crippen molar-refractivity contribution in [3.05, 3.63) is 35.9 Å². The Morgan fingerprint density at radius 3 is 2.38 bits per heavy atom. The van der Waals surface area contributed by atoms with Crippen molar-refractivity contribution in [2.45, 2.75) is 25.5 Å². The van der Waals surface area contributed by atoms with E-state index in [2.05, 4.69) is 0 Å². The molecule has 2 amide bonds. The molecule has 7 heteroatoms. The lowest BCUT2D eigenvalue weighted by atomic mass is 10.2. The summed E-state index contributed by atoms with van der Waals surface area (Å²) >= 11 is 0. The molecule has 0 N–H and O–H groups in total. The minimum absolute atomic E-state index is 0.0757. The molecule has 26 heavy (non-hydrogen) atoms. The van der Waals surface area contributed by atoms with E-state index in [0.717, 1.165) is 12.0 Å². The number of benzene rings is 1. The van der Waals surface area contributed by atoms with Crippen LogP contribution >= 0.6 is 0 Å². The van der Waals surface area contributed by atoms with Crippen LogP contribution in [0.3, 0.4) is 0 Å². The van der Waals surface area contributed by atoms with Gasteiger partial charge in [-0.25, -0.2) is 4.79 Å². The number of likely N-dealkylation sites (tertiary alicyclic amines) is 1. The maximum absolute atomic E-state index is 12.9. The lowest BCUT2D eigenvalue weighted by Gasteiger charge is -2.29. The zero-order valence-electron chi connectivity index (χ0n) is 15.6. The molecular weight excluding hydrogens is 336 g/mol. The average molecular weight is 364 g/mol. The van der Waals surface area contributed by atoms with Crippen molar-refractivity contribution in [3.63, 3.8) is 0 Å². The normalized spacial score (nSPS) is 16.5. The van der Waals surface area contributed by atoms with Gasteiger partial charge in [-0.05, 0) is 18.4 Å². The molecule has 1 fully saturated rings. The highest BCUT2D eigenvalue weighted by Crippen LogP contribution is 2.21. The molecule has 0 saturated carbocycles. The van der Waals surface area contributed by atoms with E-state index >= 15 is 0 Å². The Labute approximate surface area is 154 Å². The van der Waals surface area contributed by atoms with E-state index < -0.39 is 12.1 Å². The van der Waals surface area contributed by atoms with Gasteiger partial charge in [0.25, 0.3) is 0 Å². The summed E-state index contributed by atoms with van der Waals surface area (Å²) in [6.07, 6.45) is 0.998. The smallest absolute Gasteiger partial charge is 0.410 e. The van der Waals surface area contributed by atoms with Crippen LogP contribution in [0.5, 0.6) is 0 Å². The maximum Gasteiger partial charge on any atom is 0.410 e. The van der Waals surface area contributed by atoms with Gasteiger partial charge < -0.3 is 19.1 Å². The minimum atomic E-state index is -0.480. The van der Waals surface area contributed by atoms with Crippen LogP contribution in [0.25, 0.3) is 0 Å². The van der Waals surface area contributed by atoms with Crippen molar-refractivity contribution in [2.75, 3.05) is 47.1 Å². The van der Waals surface area contributed by atoms with E-state index in [1.807, 2.05) is 30.3 Å². The number of hydrogen-bond acceptors (Lipinski definition) is 5. The summed E-state index contributed by atoms with van der Waals surface area (Å²) in [5, 5.41) is 0. The van der Waals surface area contributed by atoms with Crippen molar-refractivity contribution in [3.8, 4) is 0 Å². The van der Waals surface area contributed by atoms with Crippen LogP contribution < -0.4 is 0 Å². The van der Waals surface area contributed by atoms with Gasteiger partial charge in [-0.1, -0.05) is 30.3 Å². The Kier molecular flexibility index (Phi) is 8.37. The van der Waals surface area contributed by atoms with Crippen molar-refractivity contribution in [2.24, 2.45) is 0 Å². The highest BCUT2D eigenvalue weighted by atomic mass is 16.6. The van der Waals surface area contributed by atoms with Crippen LogP contribution in [-0.2, 0) is 25.6 Å².